The van der Waals surface area contributed by atoms with Crippen LogP contribution in [0.1, 0.15) is 26.3 Å². The average Bonchev–Trinajstić information content (AvgIpc) is 3.24. The summed E-state index contributed by atoms with van der Waals surface area (Å²) >= 11 is 0. The van der Waals surface area contributed by atoms with Crippen LogP contribution in [-0.4, -0.2) is 30.7 Å². The molecule has 130 valence electrons. The average molecular weight is 338 g/mol. The number of anilines is 1. The van der Waals surface area contributed by atoms with Gasteiger partial charge in [-0.2, -0.15) is 4.80 Å². The van der Waals surface area contributed by atoms with Crippen LogP contribution < -0.4 is 5.32 Å². The molecule has 0 radical (unpaired) electrons. The van der Waals surface area contributed by atoms with Gasteiger partial charge in [0.15, 0.2) is 0 Å². The van der Waals surface area contributed by atoms with E-state index in [1.54, 1.807) is 7.05 Å². The maximum absolute atomic E-state index is 12.9. The van der Waals surface area contributed by atoms with Crippen molar-refractivity contribution in [2.24, 2.45) is 13.0 Å². The van der Waals surface area contributed by atoms with Crippen molar-refractivity contribution in [3.8, 4) is 11.4 Å². The molecule has 0 saturated heterocycles. The van der Waals surface area contributed by atoms with Crippen molar-refractivity contribution in [1.82, 2.24) is 24.8 Å². The zero-order valence-corrected chi connectivity index (χ0v) is 14.6. The van der Waals surface area contributed by atoms with E-state index in [1.807, 2.05) is 53.4 Å². The number of carbonyl (C=O) groups is 1. The van der Waals surface area contributed by atoms with Gasteiger partial charge in [-0.1, -0.05) is 26.0 Å². The number of benzene rings is 1. The van der Waals surface area contributed by atoms with Gasteiger partial charge in [-0.25, -0.2) is 0 Å². The molecule has 2 aromatic heterocycles. The normalized spacial score (nSPS) is 12.3. The minimum absolute atomic E-state index is 0.0544. The lowest BCUT2D eigenvalue weighted by atomic mass is 10.0. The van der Waals surface area contributed by atoms with Gasteiger partial charge in [0.25, 0.3) is 0 Å². The van der Waals surface area contributed by atoms with Crippen LogP contribution in [0.5, 0.6) is 0 Å². The molecule has 0 aliphatic heterocycles. The van der Waals surface area contributed by atoms with Crippen molar-refractivity contribution >= 4 is 11.6 Å². The fraction of sp³-hybridized carbons (Fsp3) is 0.333. The molecule has 7 nitrogen and oxygen atoms in total. The number of carbonyl (C=O) groups excluding carboxylic acids is 1. The number of hydrogen-bond acceptors (Lipinski definition) is 4. The third-order valence-electron chi connectivity index (χ3n) is 3.92. The molecule has 1 atom stereocenters. The lowest BCUT2D eigenvalue weighted by Crippen LogP contribution is -2.26. The molecule has 25 heavy (non-hydrogen) atoms. The predicted octanol–water partition coefficient (Wildman–Crippen LogP) is 2.90. The zero-order chi connectivity index (χ0) is 17.8. The molecule has 1 aromatic carbocycles. The number of nitrogens with zero attached hydrogens (tertiary/aromatic N) is 5. The molecule has 3 rings (SSSR count). The second kappa shape index (κ2) is 7.29. The Morgan fingerprint density at radius 1 is 1.16 bits per heavy atom. The number of aromatic nitrogens is 5. The summed E-state index contributed by atoms with van der Waals surface area (Å²) in [5.74, 6) is 0.830. The summed E-state index contributed by atoms with van der Waals surface area (Å²) in [6.07, 6.45) is 4.59. The summed E-state index contributed by atoms with van der Waals surface area (Å²) in [4.78, 5) is 14.3. The molecule has 7 heteroatoms. The largest absolute Gasteiger partial charge is 0.342 e. The first-order valence-corrected chi connectivity index (χ1v) is 8.31. The van der Waals surface area contributed by atoms with E-state index in [9.17, 15) is 4.79 Å². The number of para-hydroxylation sites is 1. The highest BCUT2D eigenvalue weighted by atomic mass is 16.2. The lowest BCUT2D eigenvalue weighted by Gasteiger charge is -2.21. The van der Waals surface area contributed by atoms with Crippen LogP contribution in [0.15, 0.2) is 48.8 Å². The van der Waals surface area contributed by atoms with Crippen molar-refractivity contribution in [2.75, 3.05) is 5.32 Å². The van der Waals surface area contributed by atoms with E-state index in [0.717, 1.165) is 12.0 Å². The summed E-state index contributed by atoms with van der Waals surface area (Å²) < 4.78 is 1.94. The van der Waals surface area contributed by atoms with Crippen LogP contribution in [0, 0.1) is 5.92 Å². The molecule has 0 fully saturated rings. The highest BCUT2D eigenvalue weighted by Crippen LogP contribution is 2.26. The Morgan fingerprint density at radius 3 is 2.52 bits per heavy atom. The molecular formula is C18H22N6O. The number of nitrogens with one attached hydrogen (secondary N) is 1. The van der Waals surface area contributed by atoms with Gasteiger partial charge in [-0.05, 0) is 41.8 Å². The van der Waals surface area contributed by atoms with Gasteiger partial charge in [-0.3, -0.25) is 4.79 Å². The number of aryl methyl sites for hydroxylation is 1. The highest BCUT2D eigenvalue weighted by molar-refractivity contribution is 5.97. The van der Waals surface area contributed by atoms with E-state index in [4.69, 9.17) is 0 Å². The van der Waals surface area contributed by atoms with Crippen LogP contribution >= 0.6 is 0 Å². The van der Waals surface area contributed by atoms with Crippen molar-refractivity contribution in [1.29, 1.82) is 0 Å². The zero-order valence-electron chi connectivity index (χ0n) is 14.6. The van der Waals surface area contributed by atoms with Crippen LogP contribution in [-0.2, 0) is 11.8 Å². The number of amides is 1. The van der Waals surface area contributed by atoms with Gasteiger partial charge in [0.05, 0.1) is 12.7 Å². The van der Waals surface area contributed by atoms with Crippen molar-refractivity contribution < 1.29 is 4.79 Å². The second-order valence-electron chi connectivity index (χ2n) is 6.41. The quantitative estimate of drug-likeness (QED) is 0.749. The first-order chi connectivity index (χ1) is 12.0. The smallest absolute Gasteiger partial charge is 0.247 e. The summed E-state index contributed by atoms with van der Waals surface area (Å²) in [5, 5.41) is 15.2. The van der Waals surface area contributed by atoms with Crippen molar-refractivity contribution in [3.05, 3.63) is 48.8 Å². The molecule has 0 aliphatic carbocycles. The summed E-state index contributed by atoms with van der Waals surface area (Å²) in [7, 11) is 1.71. The molecule has 0 aliphatic rings. The van der Waals surface area contributed by atoms with E-state index in [-0.39, 0.29) is 11.9 Å². The fourth-order valence-electron chi connectivity index (χ4n) is 2.76. The lowest BCUT2D eigenvalue weighted by molar-refractivity contribution is -0.119. The Hall–Kier alpha value is -2.96. The van der Waals surface area contributed by atoms with E-state index in [2.05, 4.69) is 34.6 Å². The summed E-state index contributed by atoms with van der Waals surface area (Å²) in [6, 6.07) is 11.1. The number of tetrazole rings is 1. The third-order valence-corrected chi connectivity index (χ3v) is 3.92. The van der Waals surface area contributed by atoms with Gasteiger partial charge in [0, 0.05) is 18.0 Å². The molecule has 1 N–H and O–H groups in total. The summed E-state index contributed by atoms with van der Waals surface area (Å²) in [5.41, 5.74) is 1.43. The van der Waals surface area contributed by atoms with E-state index in [1.165, 1.54) is 4.80 Å². The predicted molar refractivity (Wildman–Crippen MR) is 95.8 cm³/mol. The summed E-state index contributed by atoms with van der Waals surface area (Å²) in [6.45, 7) is 4.22. The Bertz CT molecular complexity index is 837. The Balaban J connectivity index is 1.87. The Morgan fingerprint density at radius 2 is 1.88 bits per heavy atom. The monoisotopic (exact) mass is 338 g/mol. The van der Waals surface area contributed by atoms with E-state index >= 15 is 0 Å². The van der Waals surface area contributed by atoms with Gasteiger partial charge >= 0.3 is 0 Å². The standard InChI is InChI=1S/C18H22N6O/c1-13(2)12-16(24-10-6-7-11-24)18(25)19-15-9-5-4-8-14(15)17-20-22-23(3)21-17/h4-11,13,16H,12H2,1-3H3,(H,19,25)/t16-/m1/s1. The molecule has 0 saturated carbocycles. The number of rotatable bonds is 6. The highest BCUT2D eigenvalue weighted by Gasteiger charge is 2.22. The molecule has 0 spiro atoms. The van der Waals surface area contributed by atoms with Crippen molar-refractivity contribution in [3.63, 3.8) is 0 Å². The molecule has 0 unspecified atom stereocenters. The second-order valence-corrected chi connectivity index (χ2v) is 6.41. The molecule has 2 heterocycles. The molecule has 0 bridgehead atoms. The van der Waals surface area contributed by atoms with Crippen molar-refractivity contribution in [2.45, 2.75) is 26.3 Å². The maximum atomic E-state index is 12.9. The van der Waals surface area contributed by atoms with Crippen LogP contribution in [0.25, 0.3) is 11.4 Å². The van der Waals surface area contributed by atoms with Crippen LogP contribution in [0.3, 0.4) is 0 Å². The SMILES string of the molecule is CC(C)C[C@H](C(=O)Nc1ccccc1-c1nnn(C)n1)n1cccc1. The van der Waals surface area contributed by atoms with Gasteiger partial charge in [-0.15, -0.1) is 10.2 Å². The van der Waals surface area contributed by atoms with Gasteiger partial charge < -0.3 is 9.88 Å². The van der Waals surface area contributed by atoms with E-state index < -0.39 is 0 Å². The van der Waals surface area contributed by atoms with E-state index in [0.29, 0.717) is 17.4 Å². The molecule has 1 amide bonds. The molecular weight excluding hydrogens is 316 g/mol. The topological polar surface area (TPSA) is 77.6 Å². The van der Waals surface area contributed by atoms with Gasteiger partial charge in [0.1, 0.15) is 6.04 Å². The Kier molecular flexibility index (Phi) is 4.92. The van der Waals surface area contributed by atoms with Crippen LogP contribution in [0.4, 0.5) is 5.69 Å². The number of hydrogen-bond donors (Lipinski definition) is 1. The minimum Gasteiger partial charge on any atom is -0.342 e. The fourth-order valence-corrected chi connectivity index (χ4v) is 2.76. The Labute approximate surface area is 146 Å². The first-order valence-electron chi connectivity index (χ1n) is 8.31. The third kappa shape index (κ3) is 3.93. The maximum Gasteiger partial charge on any atom is 0.247 e. The minimum atomic E-state index is -0.266. The van der Waals surface area contributed by atoms with Crippen LogP contribution in [0.2, 0.25) is 0 Å². The molecule has 3 aromatic rings. The van der Waals surface area contributed by atoms with Gasteiger partial charge in [0.2, 0.25) is 11.7 Å². The first kappa shape index (κ1) is 16.9.